The highest BCUT2D eigenvalue weighted by molar-refractivity contribution is 8.00. The van der Waals surface area contributed by atoms with Gasteiger partial charge in [-0.25, -0.2) is 0 Å². The van der Waals surface area contributed by atoms with Crippen LogP contribution in [0.3, 0.4) is 0 Å². The molecule has 3 nitrogen and oxygen atoms in total. The van der Waals surface area contributed by atoms with Gasteiger partial charge in [0.25, 0.3) is 0 Å². The Hall–Kier alpha value is -0.920. The molecule has 0 aliphatic carbocycles. The van der Waals surface area contributed by atoms with Crippen LogP contribution in [0.5, 0.6) is 5.75 Å². The Morgan fingerprint density at radius 2 is 2.06 bits per heavy atom. The van der Waals surface area contributed by atoms with E-state index >= 15 is 0 Å². The molecule has 0 bridgehead atoms. The summed E-state index contributed by atoms with van der Waals surface area (Å²) in [5, 5.41) is 16.0. The van der Waals surface area contributed by atoms with Crippen LogP contribution in [0.2, 0.25) is 0 Å². The molecule has 18 heavy (non-hydrogen) atoms. The van der Waals surface area contributed by atoms with E-state index in [4.69, 9.17) is 0 Å². The molecular formula is C11H13F3N2OS. The van der Waals surface area contributed by atoms with Crippen molar-refractivity contribution in [3.63, 3.8) is 0 Å². The van der Waals surface area contributed by atoms with Gasteiger partial charge in [-0.1, -0.05) is 0 Å². The van der Waals surface area contributed by atoms with E-state index in [1.54, 1.807) is 0 Å². The van der Waals surface area contributed by atoms with Gasteiger partial charge in [0.05, 0.1) is 0 Å². The molecular weight excluding hydrogens is 265 g/mol. The molecule has 1 aliphatic rings. The molecule has 0 unspecified atom stereocenters. The van der Waals surface area contributed by atoms with Gasteiger partial charge in [-0.3, -0.25) is 0 Å². The van der Waals surface area contributed by atoms with Crippen molar-refractivity contribution >= 4 is 11.8 Å². The Morgan fingerprint density at radius 3 is 2.67 bits per heavy atom. The first-order chi connectivity index (χ1) is 8.46. The Balaban J connectivity index is 2.20. The zero-order valence-electron chi connectivity index (χ0n) is 9.42. The fourth-order valence-electron chi connectivity index (χ4n) is 1.88. The van der Waals surface area contributed by atoms with E-state index in [1.165, 1.54) is 18.2 Å². The molecule has 0 saturated carbocycles. The van der Waals surface area contributed by atoms with Gasteiger partial charge in [-0.15, -0.1) is 0 Å². The summed E-state index contributed by atoms with van der Waals surface area (Å²) in [5.74, 6) is 0.0164. The zero-order valence-corrected chi connectivity index (χ0v) is 10.2. The lowest BCUT2D eigenvalue weighted by Crippen LogP contribution is -2.42. The SMILES string of the molecule is Oc1ccc(SC(F)(F)F)cc1[C@@H]1CNCCN1. The summed E-state index contributed by atoms with van der Waals surface area (Å²) in [4.78, 5) is 0.0858. The predicted octanol–water partition coefficient (Wildman–Crippen LogP) is 2.24. The molecule has 1 aliphatic heterocycles. The number of rotatable bonds is 2. The highest BCUT2D eigenvalue weighted by Crippen LogP contribution is 2.39. The topological polar surface area (TPSA) is 44.3 Å². The fraction of sp³-hybridized carbons (Fsp3) is 0.455. The summed E-state index contributed by atoms with van der Waals surface area (Å²) in [6, 6.07) is 3.80. The monoisotopic (exact) mass is 278 g/mol. The molecule has 1 saturated heterocycles. The first-order valence-electron chi connectivity index (χ1n) is 5.48. The van der Waals surface area contributed by atoms with Crippen molar-refractivity contribution in [3.05, 3.63) is 23.8 Å². The van der Waals surface area contributed by atoms with Crippen molar-refractivity contribution in [2.45, 2.75) is 16.4 Å². The van der Waals surface area contributed by atoms with Crippen molar-refractivity contribution in [1.29, 1.82) is 0 Å². The largest absolute Gasteiger partial charge is 0.508 e. The molecule has 1 fully saturated rings. The number of halogens is 3. The molecule has 0 aromatic heterocycles. The van der Waals surface area contributed by atoms with Gasteiger partial charge >= 0.3 is 5.51 Å². The number of phenolic OH excluding ortho intramolecular Hbond substituents is 1. The fourth-order valence-corrected chi connectivity index (χ4v) is 2.47. The van der Waals surface area contributed by atoms with Gasteiger partial charge in [-0.05, 0) is 30.0 Å². The zero-order chi connectivity index (χ0) is 13.2. The number of hydrogen-bond acceptors (Lipinski definition) is 4. The van der Waals surface area contributed by atoms with Crippen LogP contribution in [0, 0.1) is 0 Å². The van der Waals surface area contributed by atoms with Crippen LogP contribution in [0.25, 0.3) is 0 Å². The number of hydrogen-bond donors (Lipinski definition) is 3. The molecule has 1 atom stereocenters. The molecule has 100 valence electrons. The molecule has 0 radical (unpaired) electrons. The Bertz CT molecular complexity index is 419. The quantitative estimate of drug-likeness (QED) is 0.726. The van der Waals surface area contributed by atoms with Crippen LogP contribution in [0.1, 0.15) is 11.6 Å². The number of thioether (sulfide) groups is 1. The second-order valence-corrected chi connectivity index (χ2v) is 5.12. The number of piperazine rings is 1. The third-order valence-corrected chi connectivity index (χ3v) is 3.37. The van der Waals surface area contributed by atoms with E-state index in [1.807, 2.05) is 0 Å². The van der Waals surface area contributed by atoms with Crippen LogP contribution in [-0.4, -0.2) is 30.2 Å². The second kappa shape index (κ2) is 5.38. The maximum Gasteiger partial charge on any atom is 0.446 e. The van der Waals surface area contributed by atoms with Gasteiger partial charge in [0.1, 0.15) is 5.75 Å². The number of nitrogens with one attached hydrogen (secondary N) is 2. The Morgan fingerprint density at radius 1 is 1.28 bits per heavy atom. The summed E-state index contributed by atoms with van der Waals surface area (Å²) in [7, 11) is 0. The molecule has 0 spiro atoms. The standard InChI is InChI=1S/C11H13F3N2OS/c12-11(13,14)18-7-1-2-10(17)8(5-7)9-6-15-3-4-16-9/h1-2,5,9,15-17H,3-4,6H2/t9-/m0/s1. The minimum atomic E-state index is -4.31. The van der Waals surface area contributed by atoms with Gasteiger partial charge in [-0.2, -0.15) is 13.2 Å². The first kappa shape index (κ1) is 13.5. The first-order valence-corrected chi connectivity index (χ1v) is 6.30. The third-order valence-electron chi connectivity index (χ3n) is 2.65. The van der Waals surface area contributed by atoms with Crippen molar-refractivity contribution in [2.24, 2.45) is 0 Å². The average Bonchev–Trinajstić information content (AvgIpc) is 2.31. The minimum absolute atomic E-state index is 0.0164. The summed E-state index contributed by atoms with van der Waals surface area (Å²) in [6.45, 7) is 2.13. The number of benzene rings is 1. The molecule has 1 aromatic rings. The summed E-state index contributed by atoms with van der Waals surface area (Å²) < 4.78 is 36.9. The van der Waals surface area contributed by atoms with Crippen LogP contribution in [0.4, 0.5) is 13.2 Å². The summed E-state index contributed by atoms with van der Waals surface area (Å²) in [5.41, 5.74) is -3.82. The molecule has 3 N–H and O–H groups in total. The highest BCUT2D eigenvalue weighted by atomic mass is 32.2. The summed E-state index contributed by atoms with van der Waals surface area (Å²) >= 11 is -0.172. The number of aromatic hydroxyl groups is 1. The van der Waals surface area contributed by atoms with E-state index in [9.17, 15) is 18.3 Å². The normalized spacial score (nSPS) is 20.9. The lowest BCUT2D eigenvalue weighted by molar-refractivity contribution is -0.0328. The lowest BCUT2D eigenvalue weighted by Gasteiger charge is -2.25. The van der Waals surface area contributed by atoms with E-state index in [0.29, 0.717) is 12.1 Å². The van der Waals surface area contributed by atoms with E-state index in [2.05, 4.69) is 10.6 Å². The van der Waals surface area contributed by atoms with Crippen LogP contribution < -0.4 is 10.6 Å². The minimum Gasteiger partial charge on any atom is -0.508 e. The smallest absolute Gasteiger partial charge is 0.446 e. The highest BCUT2D eigenvalue weighted by Gasteiger charge is 2.30. The lowest BCUT2D eigenvalue weighted by atomic mass is 10.0. The van der Waals surface area contributed by atoms with Crippen molar-refractivity contribution in [1.82, 2.24) is 10.6 Å². The molecule has 1 aromatic carbocycles. The van der Waals surface area contributed by atoms with E-state index < -0.39 is 5.51 Å². The van der Waals surface area contributed by atoms with Crippen molar-refractivity contribution in [3.8, 4) is 5.75 Å². The predicted molar refractivity (Wildman–Crippen MR) is 63.6 cm³/mol. The Kier molecular flexibility index (Phi) is 4.04. The summed E-state index contributed by atoms with van der Waals surface area (Å²) in [6.07, 6.45) is 0. The second-order valence-electron chi connectivity index (χ2n) is 3.98. The van der Waals surface area contributed by atoms with Gasteiger partial charge in [0, 0.05) is 36.1 Å². The van der Waals surface area contributed by atoms with Crippen molar-refractivity contribution in [2.75, 3.05) is 19.6 Å². The molecule has 0 amide bonds. The number of phenols is 1. The van der Waals surface area contributed by atoms with E-state index in [-0.39, 0.29) is 28.4 Å². The van der Waals surface area contributed by atoms with Gasteiger partial charge in [0.15, 0.2) is 0 Å². The van der Waals surface area contributed by atoms with Crippen LogP contribution in [-0.2, 0) is 0 Å². The van der Waals surface area contributed by atoms with Gasteiger partial charge in [0.2, 0.25) is 0 Å². The number of alkyl halides is 3. The maximum atomic E-state index is 12.3. The third kappa shape index (κ3) is 3.54. The van der Waals surface area contributed by atoms with Crippen LogP contribution in [0.15, 0.2) is 23.1 Å². The van der Waals surface area contributed by atoms with Crippen molar-refractivity contribution < 1.29 is 18.3 Å². The molecule has 1 heterocycles. The van der Waals surface area contributed by atoms with Gasteiger partial charge < -0.3 is 15.7 Å². The van der Waals surface area contributed by atoms with E-state index in [0.717, 1.165) is 13.1 Å². The maximum absolute atomic E-state index is 12.3. The average molecular weight is 278 g/mol. The molecule has 7 heteroatoms. The molecule has 2 rings (SSSR count). The van der Waals surface area contributed by atoms with Crippen LogP contribution >= 0.6 is 11.8 Å². The Labute approximate surface area is 107 Å².